The number of rotatable bonds is 9. The van der Waals surface area contributed by atoms with E-state index in [9.17, 15) is 9.00 Å². The molecule has 0 aliphatic carbocycles. The van der Waals surface area contributed by atoms with Crippen LogP contribution in [0.2, 0.25) is 0 Å². The van der Waals surface area contributed by atoms with Gasteiger partial charge in [0, 0.05) is 22.3 Å². The zero-order valence-electron chi connectivity index (χ0n) is 12.3. The molecule has 1 rings (SSSR count). The van der Waals surface area contributed by atoms with Gasteiger partial charge in [0.2, 0.25) is 0 Å². The van der Waals surface area contributed by atoms with E-state index < -0.39 is 10.8 Å². The van der Waals surface area contributed by atoms with Crippen molar-refractivity contribution in [1.82, 2.24) is 0 Å². The van der Waals surface area contributed by atoms with Crippen molar-refractivity contribution >= 4 is 16.8 Å². The number of carbonyl (C=O) groups is 1. The fourth-order valence-electron chi connectivity index (χ4n) is 1.81. The van der Waals surface area contributed by atoms with Crippen molar-refractivity contribution in [2.24, 2.45) is 5.92 Å². The van der Waals surface area contributed by atoms with Gasteiger partial charge < -0.3 is 4.74 Å². The zero-order chi connectivity index (χ0) is 14.8. The third-order valence-corrected chi connectivity index (χ3v) is 4.65. The Bertz CT molecular complexity index is 417. The number of benzene rings is 1. The van der Waals surface area contributed by atoms with Crippen LogP contribution in [0.5, 0.6) is 0 Å². The highest BCUT2D eigenvalue weighted by Crippen LogP contribution is 2.07. The maximum Gasteiger partial charge on any atom is 0.309 e. The summed E-state index contributed by atoms with van der Waals surface area (Å²) in [6, 6.07) is 9.58. The molecule has 0 N–H and O–H groups in total. The quantitative estimate of drug-likeness (QED) is 0.519. The number of hydrogen-bond acceptors (Lipinski definition) is 3. The molecule has 0 heterocycles. The van der Waals surface area contributed by atoms with E-state index in [2.05, 4.69) is 6.92 Å². The summed E-state index contributed by atoms with van der Waals surface area (Å²) < 4.78 is 17.1. The Balaban J connectivity index is 2.26. The average molecular weight is 296 g/mol. The monoisotopic (exact) mass is 296 g/mol. The highest BCUT2D eigenvalue weighted by atomic mass is 32.2. The standard InChI is InChI=1S/C16H24O3S/c1-3-4-8-11-20(18)13-14(2)16(17)19-12-15-9-6-5-7-10-15/h5-7,9-10,14H,3-4,8,11-13H2,1-2H3. The number of ether oxygens (including phenoxy) is 1. The molecule has 4 heteroatoms. The molecule has 0 amide bonds. The van der Waals surface area contributed by atoms with Crippen LogP contribution in [0.25, 0.3) is 0 Å². The molecule has 3 nitrogen and oxygen atoms in total. The van der Waals surface area contributed by atoms with Crippen molar-refractivity contribution < 1.29 is 13.7 Å². The SMILES string of the molecule is CCCCCS(=O)CC(C)C(=O)OCc1ccccc1. The van der Waals surface area contributed by atoms with Gasteiger partial charge in [-0.3, -0.25) is 9.00 Å². The topological polar surface area (TPSA) is 43.4 Å². The van der Waals surface area contributed by atoms with E-state index in [1.165, 1.54) is 0 Å². The van der Waals surface area contributed by atoms with Crippen LogP contribution in [0.4, 0.5) is 0 Å². The molecule has 0 saturated heterocycles. The van der Waals surface area contributed by atoms with E-state index in [4.69, 9.17) is 4.74 Å². The fraction of sp³-hybridized carbons (Fsp3) is 0.562. The van der Waals surface area contributed by atoms with E-state index in [1.54, 1.807) is 6.92 Å². The van der Waals surface area contributed by atoms with Gasteiger partial charge in [0.05, 0.1) is 5.92 Å². The molecule has 0 fully saturated rings. The first-order valence-electron chi connectivity index (χ1n) is 7.19. The van der Waals surface area contributed by atoms with Gasteiger partial charge in [0.25, 0.3) is 0 Å². The summed E-state index contributed by atoms with van der Waals surface area (Å²) in [4.78, 5) is 11.8. The summed E-state index contributed by atoms with van der Waals surface area (Å²) in [5, 5.41) is 0. The van der Waals surface area contributed by atoms with E-state index in [0.717, 1.165) is 24.8 Å². The first-order valence-corrected chi connectivity index (χ1v) is 8.67. The lowest BCUT2D eigenvalue weighted by atomic mass is 10.2. The van der Waals surface area contributed by atoms with Crippen LogP contribution in [-0.4, -0.2) is 21.7 Å². The second-order valence-electron chi connectivity index (χ2n) is 5.01. The van der Waals surface area contributed by atoms with Crippen LogP contribution >= 0.6 is 0 Å². The molecule has 0 aromatic heterocycles. The lowest BCUT2D eigenvalue weighted by Crippen LogP contribution is -2.21. The highest BCUT2D eigenvalue weighted by molar-refractivity contribution is 7.85. The molecule has 1 aromatic rings. The van der Waals surface area contributed by atoms with E-state index in [0.29, 0.717) is 11.5 Å². The number of unbranched alkanes of at least 4 members (excludes halogenated alkanes) is 2. The molecule has 112 valence electrons. The van der Waals surface area contributed by atoms with Crippen LogP contribution in [0.1, 0.15) is 38.7 Å². The van der Waals surface area contributed by atoms with Crippen molar-refractivity contribution in [1.29, 1.82) is 0 Å². The Morgan fingerprint density at radius 3 is 2.60 bits per heavy atom. The van der Waals surface area contributed by atoms with Gasteiger partial charge in [-0.15, -0.1) is 0 Å². The maximum absolute atomic E-state index is 11.8. The van der Waals surface area contributed by atoms with Crippen molar-refractivity contribution in [2.75, 3.05) is 11.5 Å². The van der Waals surface area contributed by atoms with Gasteiger partial charge in [-0.2, -0.15) is 0 Å². The summed E-state index contributed by atoms with van der Waals surface area (Å²) in [6.07, 6.45) is 3.18. The number of hydrogen-bond donors (Lipinski definition) is 0. The predicted molar refractivity (Wildman–Crippen MR) is 82.8 cm³/mol. The normalized spacial score (nSPS) is 13.7. The minimum Gasteiger partial charge on any atom is -0.461 e. The van der Waals surface area contributed by atoms with Gasteiger partial charge in [0.15, 0.2) is 0 Å². The molecule has 0 radical (unpaired) electrons. The minimum atomic E-state index is -0.921. The smallest absolute Gasteiger partial charge is 0.309 e. The second-order valence-corrected chi connectivity index (χ2v) is 6.63. The van der Waals surface area contributed by atoms with E-state index in [-0.39, 0.29) is 18.5 Å². The third kappa shape index (κ3) is 6.85. The molecule has 0 spiro atoms. The molecule has 0 aliphatic rings. The van der Waals surface area contributed by atoms with Gasteiger partial charge in [-0.1, -0.05) is 57.0 Å². The van der Waals surface area contributed by atoms with Crippen LogP contribution < -0.4 is 0 Å². The predicted octanol–water partition coefficient (Wildman–Crippen LogP) is 3.30. The zero-order valence-corrected chi connectivity index (χ0v) is 13.2. The molecule has 20 heavy (non-hydrogen) atoms. The van der Waals surface area contributed by atoms with Gasteiger partial charge in [-0.05, 0) is 12.0 Å². The van der Waals surface area contributed by atoms with Crippen molar-refractivity contribution in [3.63, 3.8) is 0 Å². The molecule has 0 saturated carbocycles. The Kier molecular flexibility index (Phi) is 8.19. The molecule has 2 atom stereocenters. The Hall–Kier alpha value is -1.16. The first kappa shape index (κ1) is 16.9. The Morgan fingerprint density at radius 1 is 1.25 bits per heavy atom. The molecule has 1 aromatic carbocycles. The van der Waals surface area contributed by atoms with Crippen LogP contribution in [-0.2, 0) is 26.9 Å². The van der Waals surface area contributed by atoms with Crippen molar-refractivity contribution in [3.8, 4) is 0 Å². The van der Waals surface area contributed by atoms with Gasteiger partial charge in [-0.25, -0.2) is 0 Å². The molecular weight excluding hydrogens is 272 g/mol. The second kappa shape index (κ2) is 9.70. The van der Waals surface area contributed by atoms with Crippen LogP contribution in [0.15, 0.2) is 30.3 Å². The summed E-state index contributed by atoms with van der Waals surface area (Å²) in [7, 11) is -0.921. The summed E-state index contributed by atoms with van der Waals surface area (Å²) in [5.74, 6) is 0.514. The first-order chi connectivity index (χ1) is 9.63. The highest BCUT2D eigenvalue weighted by Gasteiger charge is 2.17. The van der Waals surface area contributed by atoms with E-state index >= 15 is 0 Å². The number of esters is 1. The number of carbonyl (C=O) groups excluding carboxylic acids is 1. The fourth-order valence-corrected chi connectivity index (χ4v) is 3.20. The van der Waals surface area contributed by atoms with Gasteiger partial charge >= 0.3 is 5.97 Å². The molecule has 2 unspecified atom stereocenters. The summed E-state index contributed by atoms with van der Waals surface area (Å²) in [6.45, 7) is 4.18. The molecule has 0 aliphatic heterocycles. The summed E-state index contributed by atoms with van der Waals surface area (Å²) in [5.41, 5.74) is 0.970. The van der Waals surface area contributed by atoms with Crippen molar-refractivity contribution in [2.45, 2.75) is 39.7 Å². The third-order valence-electron chi connectivity index (χ3n) is 3.04. The Morgan fingerprint density at radius 2 is 1.95 bits per heavy atom. The summed E-state index contributed by atoms with van der Waals surface area (Å²) >= 11 is 0. The maximum atomic E-state index is 11.8. The molecular formula is C16H24O3S. The van der Waals surface area contributed by atoms with Crippen molar-refractivity contribution in [3.05, 3.63) is 35.9 Å². The average Bonchev–Trinajstić information content (AvgIpc) is 2.46. The lowest BCUT2D eigenvalue weighted by Gasteiger charge is -2.11. The molecule has 0 bridgehead atoms. The van der Waals surface area contributed by atoms with E-state index in [1.807, 2.05) is 30.3 Å². The van der Waals surface area contributed by atoms with Crippen LogP contribution in [0, 0.1) is 5.92 Å². The largest absolute Gasteiger partial charge is 0.461 e. The Labute approximate surface area is 124 Å². The van der Waals surface area contributed by atoms with Gasteiger partial charge in [0.1, 0.15) is 6.61 Å². The minimum absolute atomic E-state index is 0.266. The lowest BCUT2D eigenvalue weighted by molar-refractivity contribution is -0.148. The van der Waals surface area contributed by atoms with Crippen LogP contribution in [0.3, 0.4) is 0 Å².